The summed E-state index contributed by atoms with van der Waals surface area (Å²) in [5, 5.41) is 2.85. The zero-order valence-corrected chi connectivity index (χ0v) is 12.6. The molecule has 0 atom stereocenters. The molecular formula is C14H25F3N2O. The monoisotopic (exact) mass is 294 g/mol. The Balaban J connectivity index is 2.55. The maximum Gasteiger partial charge on any atom is 0.391 e. The minimum absolute atomic E-state index is 0.0842. The van der Waals surface area contributed by atoms with Crippen molar-refractivity contribution in [1.82, 2.24) is 5.32 Å². The third-order valence-corrected chi connectivity index (χ3v) is 4.70. The van der Waals surface area contributed by atoms with E-state index in [0.717, 1.165) is 0 Å². The van der Waals surface area contributed by atoms with Crippen LogP contribution in [0.1, 0.15) is 53.4 Å². The minimum Gasteiger partial charge on any atom is -0.353 e. The Morgan fingerprint density at radius 3 is 1.85 bits per heavy atom. The van der Waals surface area contributed by atoms with Crippen molar-refractivity contribution in [3.05, 3.63) is 0 Å². The molecule has 3 N–H and O–H groups in total. The van der Waals surface area contributed by atoms with Crippen molar-refractivity contribution < 1.29 is 18.0 Å². The SMILES string of the molecule is CC(C)(N)C(C)(C)C(=O)NC1CCC(C(F)(F)F)CC1. The lowest BCUT2D eigenvalue weighted by atomic mass is 9.74. The van der Waals surface area contributed by atoms with E-state index in [1.165, 1.54) is 0 Å². The van der Waals surface area contributed by atoms with Gasteiger partial charge in [-0.15, -0.1) is 0 Å². The van der Waals surface area contributed by atoms with E-state index in [2.05, 4.69) is 5.32 Å². The van der Waals surface area contributed by atoms with Gasteiger partial charge in [0, 0.05) is 11.6 Å². The van der Waals surface area contributed by atoms with E-state index in [1.54, 1.807) is 27.7 Å². The number of hydrogen-bond donors (Lipinski definition) is 2. The van der Waals surface area contributed by atoms with Crippen LogP contribution in [-0.4, -0.2) is 23.7 Å². The number of rotatable bonds is 3. The van der Waals surface area contributed by atoms with Gasteiger partial charge in [0.1, 0.15) is 0 Å². The van der Waals surface area contributed by atoms with Crippen LogP contribution in [0.5, 0.6) is 0 Å². The second-order valence-electron chi connectivity index (χ2n) is 6.91. The number of carbonyl (C=O) groups is 1. The van der Waals surface area contributed by atoms with Crippen LogP contribution in [0.4, 0.5) is 13.2 Å². The normalized spacial score (nSPS) is 25.4. The topological polar surface area (TPSA) is 55.1 Å². The van der Waals surface area contributed by atoms with Crippen LogP contribution in [-0.2, 0) is 4.79 Å². The summed E-state index contributed by atoms with van der Waals surface area (Å²) in [7, 11) is 0. The van der Waals surface area contributed by atoms with E-state index < -0.39 is 23.0 Å². The first-order chi connectivity index (χ1) is 8.85. The molecule has 3 nitrogen and oxygen atoms in total. The number of carbonyl (C=O) groups excluding carboxylic acids is 1. The Hall–Kier alpha value is -0.780. The first-order valence-electron chi connectivity index (χ1n) is 7.02. The van der Waals surface area contributed by atoms with E-state index >= 15 is 0 Å². The Morgan fingerprint density at radius 2 is 1.50 bits per heavy atom. The summed E-state index contributed by atoms with van der Waals surface area (Å²) in [6.45, 7) is 7.05. The molecule has 0 heterocycles. The minimum atomic E-state index is -4.12. The highest BCUT2D eigenvalue weighted by Gasteiger charge is 2.44. The molecule has 0 bridgehead atoms. The molecule has 0 aromatic rings. The number of nitrogens with one attached hydrogen (secondary N) is 1. The summed E-state index contributed by atoms with van der Waals surface area (Å²) in [5.41, 5.74) is 4.52. The number of halogens is 3. The standard InChI is InChI=1S/C14H25F3N2O/c1-12(2,13(3,4)18)11(20)19-10-7-5-9(6-8-10)14(15,16)17/h9-10H,5-8,18H2,1-4H3,(H,19,20). The zero-order valence-electron chi connectivity index (χ0n) is 12.6. The molecule has 1 rings (SSSR count). The maximum atomic E-state index is 12.6. The molecule has 6 heteroatoms. The first kappa shape index (κ1) is 17.3. The van der Waals surface area contributed by atoms with Gasteiger partial charge in [0.25, 0.3) is 0 Å². The van der Waals surface area contributed by atoms with E-state index in [0.29, 0.717) is 12.8 Å². The Kier molecular flexibility index (Phi) is 4.79. The molecule has 118 valence electrons. The molecule has 0 aromatic heterocycles. The molecule has 0 spiro atoms. The highest BCUT2D eigenvalue weighted by molar-refractivity contribution is 5.83. The quantitative estimate of drug-likeness (QED) is 0.840. The van der Waals surface area contributed by atoms with Crippen molar-refractivity contribution in [2.75, 3.05) is 0 Å². The van der Waals surface area contributed by atoms with Gasteiger partial charge in [-0.2, -0.15) is 13.2 Å². The average Bonchev–Trinajstić information content (AvgIpc) is 2.26. The van der Waals surface area contributed by atoms with Gasteiger partial charge in [0.2, 0.25) is 5.91 Å². The molecule has 1 aliphatic rings. The van der Waals surface area contributed by atoms with Crippen molar-refractivity contribution >= 4 is 5.91 Å². The predicted molar refractivity (Wildman–Crippen MR) is 72.0 cm³/mol. The summed E-state index contributed by atoms with van der Waals surface area (Å²) in [4.78, 5) is 12.2. The zero-order chi connectivity index (χ0) is 15.8. The van der Waals surface area contributed by atoms with Gasteiger partial charge in [-0.3, -0.25) is 4.79 Å². The van der Waals surface area contributed by atoms with Crippen LogP contribution >= 0.6 is 0 Å². The summed E-state index contributed by atoms with van der Waals surface area (Å²) in [6.07, 6.45) is -3.21. The van der Waals surface area contributed by atoms with Gasteiger partial charge >= 0.3 is 6.18 Å². The third kappa shape index (κ3) is 3.87. The summed E-state index contributed by atoms with van der Waals surface area (Å²) in [6, 6.07) is -0.178. The Morgan fingerprint density at radius 1 is 1.05 bits per heavy atom. The van der Waals surface area contributed by atoms with Gasteiger partial charge in [0.05, 0.1) is 11.3 Å². The molecule has 1 amide bonds. The molecular weight excluding hydrogens is 269 g/mol. The van der Waals surface area contributed by atoms with E-state index in [4.69, 9.17) is 5.73 Å². The van der Waals surface area contributed by atoms with Crippen LogP contribution in [0.25, 0.3) is 0 Å². The second kappa shape index (κ2) is 5.54. The second-order valence-corrected chi connectivity index (χ2v) is 6.91. The van der Waals surface area contributed by atoms with Gasteiger partial charge in [-0.05, 0) is 53.4 Å². The van der Waals surface area contributed by atoms with Gasteiger partial charge in [-0.1, -0.05) is 0 Å². The van der Waals surface area contributed by atoms with Gasteiger partial charge in [0.15, 0.2) is 0 Å². The summed E-state index contributed by atoms with van der Waals surface area (Å²) in [5.74, 6) is -1.42. The molecule has 20 heavy (non-hydrogen) atoms. The fourth-order valence-corrected chi connectivity index (χ4v) is 2.22. The number of alkyl halides is 3. The van der Waals surface area contributed by atoms with Crippen molar-refractivity contribution in [3.63, 3.8) is 0 Å². The molecule has 0 unspecified atom stereocenters. The van der Waals surface area contributed by atoms with Crippen molar-refractivity contribution in [2.45, 2.75) is 71.1 Å². The maximum absolute atomic E-state index is 12.6. The van der Waals surface area contributed by atoms with Crippen LogP contribution in [0.3, 0.4) is 0 Å². The van der Waals surface area contributed by atoms with E-state index in [9.17, 15) is 18.0 Å². The van der Waals surface area contributed by atoms with E-state index in [-0.39, 0.29) is 24.8 Å². The number of amides is 1. The molecule has 1 saturated carbocycles. The molecule has 1 aliphatic carbocycles. The largest absolute Gasteiger partial charge is 0.391 e. The molecule has 0 aromatic carbocycles. The average molecular weight is 294 g/mol. The summed E-state index contributed by atoms with van der Waals surface area (Å²) < 4.78 is 37.7. The van der Waals surface area contributed by atoms with Crippen LogP contribution < -0.4 is 11.1 Å². The predicted octanol–water partition coefficient (Wildman–Crippen LogP) is 2.99. The van der Waals surface area contributed by atoms with Gasteiger partial charge in [-0.25, -0.2) is 0 Å². The highest BCUT2D eigenvalue weighted by atomic mass is 19.4. The Labute approximate surface area is 118 Å². The van der Waals surface area contributed by atoms with E-state index in [1.807, 2.05) is 0 Å². The van der Waals surface area contributed by atoms with Crippen molar-refractivity contribution in [2.24, 2.45) is 17.1 Å². The first-order valence-corrected chi connectivity index (χ1v) is 7.02. The molecule has 0 aliphatic heterocycles. The van der Waals surface area contributed by atoms with Crippen LogP contribution in [0, 0.1) is 11.3 Å². The third-order valence-electron chi connectivity index (χ3n) is 4.70. The lowest BCUT2D eigenvalue weighted by Crippen LogP contribution is -2.57. The molecule has 1 fully saturated rings. The lowest BCUT2D eigenvalue weighted by molar-refractivity contribution is -0.182. The summed E-state index contributed by atoms with van der Waals surface area (Å²) >= 11 is 0. The number of nitrogens with two attached hydrogens (primary N) is 1. The van der Waals surface area contributed by atoms with Crippen molar-refractivity contribution in [1.29, 1.82) is 0 Å². The Bertz CT molecular complexity index is 350. The van der Waals surface area contributed by atoms with Crippen molar-refractivity contribution in [3.8, 4) is 0 Å². The smallest absolute Gasteiger partial charge is 0.353 e. The van der Waals surface area contributed by atoms with Gasteiger partial charge < -0.3 is 11.1 Å². The molecule has 0 saturated heterocycles. The lowest BCUT2D eigenvalue weighted by Gasteiger charge is -2.39. The fourth-order valence-electron chi connectivity index (χ4n) is 2.22. The van der Waals surface area contributed by atoms with Crippen LogP contribution in [0.15, 0.2) is 0 Å². The fraction of sp³-hybridized carbons (Fsp3) is 0.929. The molecule has 0 radical (unpaired) electrons. The number of hydrogen-bond acceptors (Lipinski definition) is 2. The van der Waals surface area contributed by atoms with Crippen LogP contribution in [0.2, 0.25) is 0 Å². The highest BCUT2D eigenvalue weighted by Crippen LogP contribution is 2.38.